The molecule has 3 rings (SSSR count). The van der Waals surface area contributed by atoms with Crippen molar-refractivity contribution in [2.45, 2.75) is 31.5 Å². The Balaban J connectivity index is 2.45. The molecule has 126 valence electrons. The highest BCUT2D eigenvalue weighted by atomic mass is 16.5. The molecule has 0 radical (unpaired) electrons. The Bertz CT molecular complexity index is 576. The van der Waals surface area contributed by atoms with E-state index in [1.165, 1.54) is 26.4 Å². The van der Waals surface area contributed by atoms with Gasteiger partial charge in [-0.2, -0.15) is 0 Å². The van der Waals surface area contributed by atoms with Crippen molar-refractivity contribution < 1.29 is 23.8 Å². The van der Waals surface area contributed by atoms with Crippen molar-refractivity contribution in [3.8, 4) is 0 Å². The number of rotatable bonds is 6. The molecule has 0 spiro atoms. The molecule has 0 aromatic heterocycles. The molecule has 23 heavy (non-hydrogen) atoms. The molecule has 0 aromatic carbocycles. The normalized spacial score (nSPS) is 35.7. The molecule has 2 bridgehead atoms. The van der Waals surface area contributed by atoms with E-state index < -0.39 is 17.2 Å². The van der Waals surface area contributed by atoms with E-state index in [1.807, 2.05) is 13.0 Å². The molecular formula is C18H24O5. The molecule has 0 aliphatic heterocycles. The second-order valence-corrected chi connectivity index (χ2v) is 6.01. The van der Waals surface area contributed by atoms with Gasteiger partial charge in [-0.05, 0) is 32.4 Å². The number of fused-ring (bicyclic) bond motifs is 2. The number of esters is 1. The molecular weight excluding hydrogens is 296 g/mol. The van der Waals surface area contributed by atoms with Gasteiger partial charge >= 0.3 is 5.97 Å². The fourth-order valence-electron chi connectivity index (χ4n) is 3.67. The third-order valence-corrected chi connectivity index (χ3v) is 4.87. The minimum atomic E-state index is -1.22. The van der Waals surface area contributed by atoms with Gasteiger partial charge in [0.15, 0.2) is 11.2 Å². The van der Waals surface area contributed by atoms with Crippen molar-refractivity contribution in [1.29, 1.82) is 0 Å². The van der Waals surface area contributed by atoms with Crippen LogP contribution in [0.3, 0.4) is 0 Å². The maximum atomic E-state index is 13.2. The molecule has 5 nitrogen and oxygen atoms in total. The first-order valence-electron chi connectivity index (χ1n) is 7.74. The summed E-state index contributed by atoms with van der Waals surface area (Å²) in [4.78, 5) is 24.9. The van der Waals surface area contributed by atoms with E-state index in [4.69, 9.17) is 14.2 Å². The molecule has 5 heteroatoms. The van der Waals surface area contributed by atoms with Crippen molar-refractivity contribution in [2.75, 3.05) is 20.8 Å². The van der Waals surface area contributed by atoms with Gasteiger partial charge in [-0.25, -0.2) is 4.79 Å². The fraction of sp³-hybridized carbons (Fsp3) is 0.556. The first-order chi connectivity index (χ1) is 10.9. The predicted octanol–water partition coefficient (Wildman–Crippen LogP) is 2.23. The molecule has 3 aliphatic rings. The Morgan fingerprint density at radius 1 is 1.43 bits per heavy atom. The molecule has 0 unspecified atom stereocenters. The van der Waals surface area contributed by atoms with Gasteiger partial charge in [-0.1, -0.05) is 18.2 Å². The van der Waals surface area contributed by atoms with Crippen LogP contribution in [-0.4, -0.2) is 43.8 Å². The van der Waals surface area contributed by atoms with Crippen LogP contribution in [0.25, 0.3) is 0 Å². The van der Waals surface area contributed by atoms with Gasteiger partial charge in [-0.3, -0.25) is 4.79 Å². The summed E-state index contributed by atoms with van der Waals surface area (Å²) in [6.45, 7) is 7.90. The quantitative estimate of drug-likeness (QED) is 0.427. The summed E-state index contributed by atoms with van der Waals surface area (Å²) in [5.41, 5.74) is -1.42. The Labute approximate surface area is 137 Å². The van der Waals surface area contributed by atoms with E-state index in [-0.39, 0.29) is 24.2 Å². The molecule has 0 heterocycles. The van der Waals surface area contributed by atoms with Crippen LogP contribution >= 0.6 is 0 Å². The highest BCUT2D eigenvalue weighted by Crippen LogP contribution is 2.52. The van der Waals surface area contributed by atoms with Crippen LogP contribution in [-0.2, 0) is 23.8 Å². The van der Waals surface area contributed by atoms with Crippen molar-refractivity contribution in [2.24, 2.45) is 11.8 Å². The Kier molecular flexibility index (Phi) is 4.92. The van der Waals surface area contributed by atoms with Gasteiger partial charge in [0, 0.05) is 32.1 Å². The smallest absolute Gasteiger partial charge is 0.330 e. The van der Waals surface area contributed by atoms with Crippen LogP contribution in [0, 0.1) is 11.8 Å². The number of carbonyl (C=O) groups excluding carboxylic acids is 2. The maximum Gasteiger partial charge on any atom is 0.330 e. The lowest BCUT2D eigenvalue weighted by Gasteiger charge is -2.53. The van der Waals surface area contributed by atoms with Crippen molar-refractivity contribution in [3.63, 3.8) is 0 Å². The summed E-state index contributed by atoms with van der Waals surface area (Å²) < 4.78 is 16.1. The number of hydrogen-bond donors (Lipinski definition) is 0. The average molecular weight is 320 g/mol. The SMILES string of the molecule is C=C(C)[C@H]1C[C@H]2C=C[C@]1(OC)C(=O)[C@@]2(/C=C/C(=O)OCC)OC. The third kappa shape index (κ3) is 2.58. The van der Waals surface area contributed by atoms with Crippen LogP contribution in [0.2, 0.25) is 0 Å². The second-order valence-electron chi connectivity index (χ2n) is 6.01. The van der Waals surface area contributed by atoms with Crippen molar-refractivity contribution in [1.82, 2.24) is 0 Å². The van der Waals surface area contributed by atoms with Crippen LogP contribution in [0.5, 0.6) is 0 Å². The second kappa shape index (κ2) is 6.42. The lowest BCUT2D eigenvalue weighted by Crippen LogP contribution is -2.66. The topological polar surface area (TPSA) is 61.8 Å². The van der Waals surface area contributed by atoms with Crippen molar-refractivity contribution >= 4 is 11.8 Å². The average Bonchev–Trinajstić information content (AvgIpc) is 2.55. The molecule has 0 aromatic rings. The van der Waals surface area contributed by atoms with Gasteiger partial charge < -0.3 is 14.2 Å². The Morgan fingerprint density at radius 3 is 2.65 bits per heavy atom. The summed E-state index contributed by atoms with van der Waals surface area (Å²) >= 11 is 0. The number of carbonyl (C=O) groups is 2. The van der Waals surface area contributed by atoms with Crippen molar-refractivity contribution in [3.05, 3.63) is 36.5 Å². The zero-order valence-electron chi connectivity index (χ0n) is 14.1. The third-order valence-electron chi connectivity index (χ3n) is 4.87. The lowest BCUT2D eigenvalue weighted by atomic mass is 9.56. The molecule has 0 N–H and O–H groups in total. The zero-order chi connectivity index (χ0) is 17.3. The number of Topliss-reactive ketones (excluding diaryl/α,β-unsaturated/α-hetero) is 1. The molecule has 0 saturated heterocycles. The molecule has 1 fully saturated rings. The maximum absolute atomic E-state index is 13.2. The van der Waals surface area contributed by atoms with Crippen LogP contribution < -0.4 is 0 Å². The number of hydrogen-bond acceptors (Lipinski definition) is 5. The van der Waals surface area contributed by atoms with E-state index in [0.717, 1.165) is 5.57 Å². The van der Waals surface area contributed by atoms with E-state index in [1.54, 1.807) is 13.0 Å². The highest BCUT2D eigenvalue weighted by molar-refractivity contribution is 6.02. The predicted molar refractivity (Wildman–Crippen MR) is 85.8 cm³/mol. The van der Waals surface area contributed by atoms with Crippen LogP contribution in [0.15, 0.2) is 36.5 Å². The standard InChI is InChI=1S/C18H24O5/c1-6-23-15(19)8-10-17(21-4)13-7-9-18(22-5,16(17)20)14(11-13)12(2)3/h7-10,13-14H,2,6,11H2,1,3-5H3/b10-8+/t13-,14-,17+,18-/m1/s1. The lowest BCUT2D eigenvalue weighted by molar-refractivity contribution is -0.175. The minimum absolute atomic E-state index is 0.103. The summed E-state index contributed by atoms with van der Waals surface area (Å²) in [6.07, 6.45) is 7.18. The minimum Gasteiger partial charge on any atom is -0.463 e. The van der Waals surface area contributed by atoms with Gasteiger partial charge in [-0.15, -0.1) is 0 Å². The summed E-state index contributed by atoms with van der Waals surface area (Å²) in [6, 6.07) is 0. The number of ketones is 1. The first-order valence-corrected chi connectivity index (χ1v) is 7.74. The van der Waals surface area contributed by atoms with Gasteiger partial charge in [0.2, 0.25) is 5.78 Å². The van der Waals surface area contributed by atoms with E-state index in [9.17, 15) is 9.59 Å². The fourth-order valence-corrected chi connectivity index (χ4v) is 3.67. The Hall–Kier alpha value is -1.72. The molecule has 3 aliphatic carbocycles. The first kappa shape index (κ1) is 17.6. The molecule has 1 saturated carbocycles. The number of ether oxygens (including phenoxy) is 3. The van der Waals surface area contributed by atoms with E-state index >= 15 is 0 Å². The summed E-state index contributed by atoms with van der Waals surface area (Å²) in [5, 5.41) is 0. The monoisotopic (exact) mass is 320 g/mol. The van der Waals surface area contributed by atoms with E-state index in [2.05, 4.69) is 6.58 Å². The van der Waals surface area contributed by atoms with Gasteiger partial charge in [0.05, 0.1) is 6.61 Å². The largest absolute Gasteiger partial charge is 0.463 e. The number of methoxy groups -OCH3 is 2. The summed E-state index contributed by atoms with van der Waals surface area (Å²) in [7, 11) is 2.99. The van der Waals surface area contributed by atoms with Gasteiger partial charge in [0.1, 0.15) is 0 Å². The Morgan fingerprint density at radius 2 is 2.13 bits per heavy atom. The zero-order valence-corrected chi connectivity index (χ0v) is 14.1. The summed E-state index contributed by atoms with van der Waals surface area (Å²) in [5.74, 6) is -0.981. The van der Waals surface area contributed by atoms with Crippen LogP contribution in [0.4, 0.5) is 0 Å². The van der Waals surface area contributed by atoms with Crippen LogP contribution in [0.1, 0.15) is 20.3 Å². The molecule has 0 amide bonds. The highest BCUT2D eigenvalue weighted by Gasteiger charge is 2.63. The molecule has 4 atom stereocenters. The van der Waals surface area contributed by atoms with E-state index in [0.29, 0.717) is 6.42 Å². The van der Waals surface area contributed by atoms with Gasteiger partial charge in [0.25, 0.3) is 0 Å².